The van der Waals surface area contributed by atoms with Crippen LogP contribution in [0.1, 0.15) is 26.7 Å². The fourth-order valence-corrected chi connectivity index (χ4v) is 4.54. The predicted molar refractivity (Wildman–Crippen MR) is 52.5 cm³/mol. The molecule has 0 aromatic rings. The largest absolute Gasteiger partial charge is 0.459 e. The van der Waals surface area contributed by atoms with Crippen LogP contribution in [0.25, 0.3) is 0 Å². The van der Waals surface area contributed by atoms with Crippen LogP contribution >= 0.6 is 0 Å². The Morgan fingerprint density at radius 1 is 1.25 bits per heavy atom. The van der Waals surface area contributed by atoms with E-state index < -0.39 is 0 Å². The van der Waals surface area contributed by atoms with E-state index in [1.54, 1.807) is 0 Å². The Morgan fingerprint density at radius 3 is 2.75 bits per heavy atom. The van der Waals surface area contributed by atoms with Crippen molar-refractivity contribution < 1.29 is 19.1 Å². The van der Waals surface area contributed by atoms with Crippen molar-refractivity contribution in [1.29, 1.82) is 0 Å². The first kappa shape index (κ1) is 9.16. The van der Waals surface area contributed by atoms with E-state index in [4.69, 9.17) is 9.47 Å². The lowest BCUT2D eigenvalue weighted by Gasteiger charge is -2.48. The van der Waals surface area contributed by atoms with Crippen molar-refractivity contribution in [1.82, 2.24) is 0 Å². The van der Waals surface area contributed by atoms with Crippen LogP contribution in [0, 0.1) is 17.3 Å². The van der Waals surface area contributed by atoms with E-state index in [-0.39, 0.29) is 46.8 Å². The first-order valence-electron chi connectivity index (χ1n) is 5.87. The van der Waals surface area contributed by atoms with Gasteiger partial charge in [0.1, 0.15) is 18.0 Å². The Bertz CT molecular complexity index is 431. The van der Waals surface area contributed by atoms with Gasteiger partial charge in [0.05, 0.1) is 11.5 Å². The van der Waals surface area contributed by atoms with E-state index in [9.17, 15) is 9.59 Å². The maximum absolute atomic E-state index is 11.9. The second-order valence-electron chi connectivity index (χ2n) is 6.01. The van der Waals surface area contributed by atoms with Crippen molar-refractivity contribution in [2.24, 2.45) is 17.3 Å². The maximum atomic E-state index is 11.9. The molecule has 0 amide bonds. The Labute approximate surface area is 93.3 Å². The number of Topliss-reactive ketones (excluding diaryl/α,β-unsaturated/α-hetero) is 1. The SMILES string of the molecule is C[C@@]12CC(=O)C[C@H]3[C@H]4OC(=O)[C@@H]1[C@H]4O[C@]32C. The molecule has 86 valence electrons. The molecule has 0 unspecified atom stereocenters. The van der Waals surface area contributed by atoms with E-state index in [1.807, 2.05) is 6.92 Å². The Hall–Kier alpha value is -0.900. The minimum Gasteiger partial charge on any atom is -0.459 e. The average Bonchev–Trinajstić information content (AvgIpc) is 2.67. The minimum absolute atomic E-state index is 0.0754. The zero-order valence-corrected chi connectivity index (χ0v) is 9.36. The van der Waals surface area contributed by atoms with Gasteiger partial charge >= 0.3 is 5.97 Å². The smallest absolute Gasteiger partial charge is 0.312 e. The van der Waals surface area contributed by atoms with Gasteiger partial charge in [-0.15, -0.1) is 0 Å². The summed E-state index contributed by atoms with van der Waals surface area (Å²) in [7, 11) is 0. The van der Waals surface area contributed by atoms with Crippen LogP contribution < -0.4 is 0 Å². The number of carbonyl (C=O) groups excluding carboxylic acids is 2. The van der Waals surface area contributed by atoms with Gasteiger partial charge in [-0.25, -0.2) is 0 Å². The van der Waals surface area contributed by atoms with Crippen LogP contribution in [-0.2, 0) is 19.1 Å². The Kier molecular flexibility index (Phi) is 1.26. The lowest BCUT2D eigenvalue weighted by Crippen LogP contribution is -2.57. The molecule has 0 radical (unpaired) electrons. The van der Waals surface area contributed by atoms with Crippen molar-refractivity contribution in [3.05, 3.63) is 0 Å². The zero-order chi connectivity index (χ0) is 11.3. The Morgan fingerprint density at radius 2 is 2.00 bits per heavy atom. The fourth-order valence-electron chi connectivity index (χ4n) is 4.54. The molecule has 4 fully saturated rings. The van der Waals surface area contributed by atoms with Crippen LogP contribution in [-0.4, -0.2) is 29.6 Å². The highest BCUT2D eigenvalue weighted by atomic mass is 16.6. The first-order valence-corrected chi connectivity index (χ1v) is 5.87. The molecule has 1 aliphatic carbocycles. The van der Waals surface area contributed by atoms with Crippen LogP contribution in [0.3, 0.4) is 0 Å². The molecular weight excluding hydrogens is 208 g/mol. The van der Waals surface area contributed by atoms with E-state index in [0.717, 1.165) is 0 Å². The molecule has 4 heteroatoms. The van der Waals surface area contributed by atoms with Crippen molar-refractivity contribution in [2.75, 3.05) is 0 Å². The molecule has 4 rings (SSSR count). The molecule has 3 aliphatic heterocycles. The predicted octanol–water partition coefficient (Wildman–Crippen LogP) is 0.684. The third kappa shape index (κ3) is 0.655. The van der Waals surface area contributed by atoms with Crippen molar-refractivity contribution in [2.45, 2.75) is 44.5 Å². The number of rotatable bonds is 0. The van der Waals surface area contributed by atoms with Crippen molar-refractivity contribution in [3.8, 4) is 0 Å². The maximum Gasteiger partial charge on any atom is 0.312 e. The molecule has 0 N–H and O–H groups in total. The van der Waals surface area contributed by atoms with Crippen LogP contribution in [0.5, 0.6) is 0 Å². The van der Waals surface area contributed by atoms with Gasteiger partial charge in [-0.1, -0.05) is 6.92 Å². The fraction of sp³-hybridized carbons (Fsp3) is 0.833. The van der Waals surface area contributed by atoms with Gasteiger partial charge in [-0.05, 0) is 6.92 Å². The molecule has 3 heterocycles. The molecular formula is C12H14O4. The number of ether oxygens (including phenoxy) is 2. The summed E-state index contributed by atoms with van der Waals surface area (Å²) in [6.07, 6.45) is 0.705. The first-order chi connectivity index (χ1) is 7.47. The van der Waals surface area contributed by atoms with Crippen molar-refractivity contribution in [3.63, 3.8) is 0 Å². The number of hydrogen-bond acceptors (Lipinski definition) is 4. The molecule has 0 aromatic heterocycles. The monoisotopic (exact) mass is 222 g/mol. The van der Waals surface area contributed by atoms with Crippen LogP contribution in [0.4, 0.5) is 0 Å². The molecule has 2 bridgehead atoms. The lowest BCUT2D eigenvalue weighted by atomic mass is 9.52. The van der Waals surface area contributed by atoms with Gasteiger partial charge in [0.25, 0.3) is 0 Å². The molecule has 4 nitrogen and oxygen atoms in total. The number of ketones is 1. The summed E-state index contributed by atoms with van der Waals surface area (Å²) in [5, 5.41) is 0. The number of carbonyl (C=O) groups is 2. The summed E-state index contributed by atoms with van der Waals surface area (Å²) in [6.45, 7) is 4.07. The molecule has 1 saturated carbocycles. The third-order valence-corrected chi connectivity index (χ3v) is 5.48. The number of hydrogen-bond donors (Lipinski definition) is 0. The average molecular weight is 222 g/mol. The summed E-state index contributed by atoms with van der Waals surface area (Å²) < 4.78 is 11.5. The summed E-state index contributed by atoms with van der Waals surface area (Å²) in [5.41, 5.74) is -0.686. The quantitative estimate of drug-likeness (QED) is 0.566. The second kappa shape index (κ2) is 2.21. The topological polar surface area (TPSA) is 52.6 Å². The molecule has 16 heavy (non-hydrogen) atoms. The van der Waals surface area contributed by atoms with E-state index in [1.165, 1.54) is 0 Å². The minimum atomic E-state index is -0.345. The highest BCUT2D eigenvalue weighted by Gasteiger charge is 2.80. The van der Waals surface area contributed by atoms with Gasteiger partial charge in [-0.2, -0.15) is 0 Å². The van der Waals surface area contributed by atoms with Crippen LogP contribution in [0.2, 0.25) is 0 Å². The lowest BCUT2D eigenvalue weighted by molar-refractivity contribution is -0.146. The van der Waals surface area contributed by atoms with E-state index in [0.29, 0.717) is 12.8 Å². The summed E-state index contributed by atoms with van der Waals surface area (Å²) in [6, 6.07) is 0. The zero-order valence-electron chi connectivity index (χ0n) is 9.36. The molecule has 6 atom stereocenters. The van der Waals surface area contributed by atoms with Gasteiger partial charge < -0.3 is 9.47 Å². The van der Waals surface area contributed by atoms with E-state index in [2.05, 4.69) is 6.92 Å². The van der Waals surface area contributed by atoms with Gasteiger partial charge in [0.15, 0.2) is 0 Å². The molecule has 0 spiro atoms. The standard InChI is InChI=1S/C12H14O4/c1-11-4-5(13)3-6-8-9(16-12(6,11)2)7(11)10(14)15-8/h6-9H,3-4H2,1-2H3/t6-,7-,8+,9+,11+,12+/m0/s1. The summed E-state index contributed by atoms with van der Waals surface area (Å²) >= 11 is 0. The Balaban J connectivity index is 1.96. The van der Waals surface area contributed by atoms with Crippen molar-refractivity contribution >= 4 is 11.8 Å². The second-order valence-corrected chi connectivity index (χ2v) is 6.01. The van der Waals surface area contributed by atoms with Gasteiger partial charge in [-0.3, -0.25) is 9.59 Å². The van der Waals surface area contributed by atoms with Gasteiger partial charge in [0.2, 0.25) is 0 Å². The highest BCUT2D eigenvalue weighted by molar-refractivity contribution is 5.86. The summed E-state index contributed by atoms with van der Waals surface area (Å²) in [4.78, 5) is 23.7. The number of fused-ring (bicyclic) bond motifs is 2. The number of esters is 1. The highest BCUT2D eigenvalue weighted by Crippen LogP contribution is 2.69. The normalized spacial score (nSPS) is 61.6. The molecule has 0 aromatic carbocycles. The molecule has 4 aliphatic rings. The van der Waals surface area contributed by atoms with E-state index >= 15 is 0 Å². The third-order valence-electron chi connectivity index (χ3n) is 5.48. The molecule has 3 saturated heterocycles. The van der Waals surface area contributed by atoms with Crippen LogP contribution in [0.15, 0.2) is 0 Å². The van der Waals surface area contributed by atoms with Gasteiger partial charge in [0, 0.05) is 24.2 Å². The summed E-state index contributed by atoms with van der Waals surface area (Å²) in [5.74, 6) is -0.0462.